The van der Waals surface area contributed by atoms with Crippen molar-refractivity contribution in [2.75, 3.05) is 0 Å². The van der Waals surface area contributed by atoms with Gasteiger partial charge in [-0.05, 0) is 36.1 Å². The molecule has 0 aliphatic rings. The molecular weight excluding hydrogens is 217 g/mol. The van der Waals surface area contributed by atoms with Crippen LogP contribution >= 0.6 is 0 Å². The highest BCUT2D eigenvalue weighted by atomic mass is 19.1. The molecule has 2 N–H and O–H groups in total. The van der Waals surface area contributed by atoms with Crippen LogP contribution in [-0.4, -0.2) is 9.78 Å². The van der Waals surface area contributed by atoms with Gasteiger partial charge in [0.2, 0.25) is 0 Å². The number of halogens is 1. The first-order valence-electron chi connectivity index (χ1n) is 5.55. The van der Waals surface area contributed by atoms with Crippen LogP contribution in [0.25, 0.3) is 0 Å². The van der Waals surface area contributed by atoms with Crippen molar-refractivity contribution in [2.45, 2.75) is 19.4 Å². The first kappa shape index (κ1) is 11.8. The molecule has 0 radical (unpaired) electrons. The molecule has 1 heterocycles. The molecule has 0 fully saturated rings. The van der Waals surface area contributed by atoms with Gasteiger partial charge in [-0.15, -0.1) is 0 Å². The zero-order chi connectivity index (χ0) is 12.4. The molecule has 90 valence electrons. The van der Waals surface area contributed by atoms with E-state index in [1.807, 2.05) is 13.2 Å². The van der Waals surface area contributed by atoms with Gasteiger partial charge in [-0.1, -0.05) is 12.1 Å². The van der Waals surface area contributed by atoms with Crippen LogP contribution in [0.3, 0.4) is 0 Å². The molecule has 2 aromatic rings. The van der Waals surface area contributed by atoms with Gasteiger partial charge in [-0.2, -0.15) is 5.10 Å². The summed E-state index contributed by atoms with van der Waals surface area (Å²) < 4.78 is 14.9. The Morgan fingerprint density at radius 2 is 2.24 bits per heavy atom. The van der Waals surface area contributed by atoms with Crippen molar-refractivity contribution in [2.24, 2.45) is 12.8 Å². The molecule has 0 amide bonds. The molecule has 17 heavy (non-hydrogen) atoms. The predicted molar refractivity (Wildman–Crippen MR) is 65.0 cm³/mol. The van der Waals surface area contributed by atoms with Crippen LogP contribution in [0.15, 0.2) is 30.6 Å². The molecule has 2 rings (SSSR count). The maximum atomic E-state index is 13.1. The van der Waals surface area contributed by atoms with Gasteiger partial charge in [0.25, 0.3) is 0 Å². The van der Waals surface area contributed by atoms with E-state index in [9.17, 15) is 4.39 Å². The summed E-state index contributed by atoms with van der Waals surface area (Å²) in [5.41, 5.74) is 8.76. The van der Waals surface area contributed by atoms with Gasteiger partial charge < -0.3 is 5.73 Å². The van der Waals surface area contributed by atoms with Crippen LogP contribution in [0.5, 0.6) is 0 Å². The monoisotopic (exact) mass is 233 g/mol. The largest absolute Gasteiger partial charge is 0.324 e. The standard InChI is InChI=1S/C13H16FN3/c1-9-5-11(3-4-12(9)14)13(15)6-10-7-16-17(2)8-10/h3-5,7-8,13H,6,15H2,1-2H3. The van der Waals surface area contributed by atoms with Gasteiger partial charge in [-0.25, -0.2) is 4.39 Å². The average Bonchev–Trinajstić information content (AvgIpc) is 2.68. The summed E-state index contributed by atoms with van der Waals surface area (Å²) in [7, 11) is 1.87. The molecule has 0 saturated heterocycles. The fraction of sp³-hybridized carbons (Fsp3) is 0.308. The first-order chi connectivity index (χ1) is 8.06. The molecule has 4 heteroatoms. The number of benzene rings is 1. The Balaban J connectivity index is 2.14. The lowest BCUT2D eigenvalue weighted by atomic mass is 10.00. The molecule has 1 unspecified atom stereocenters. The summed E-state index contributed by atoms with van der Waals surface area (Å²) in [5.74, 6) is -0.192. The smallest absolute Gasteiger partial charge is 0.126 e. The average molecular weight is 233 g/mol. The second-order valence-corrected chi connectivity index (χ2v) is 4.34. The van der Waals surface area contributed by atoms with E-state index in [4.69, 9.17) is 5.73 Å². The summed E-state index contributed by atoms with van der Waals surface area (Å²) in [6.45, 7) is 1.75. The van der Waals surface area contributed by atoms with E-state index in [1.165, 1.54) is 6.07 Å². The molecule has 0 bridgehead atoms. The highest BCUT2D eigenvalue weighted by molar-refractivity contribution is 5.27. The van der Waals surface area contributed by atoms with Crippen LogP contribution in [0.4, 0.5) is 4.39 Å². The van der Waals surface area contributed by atoms with E-state index in [0.29, 0.717) is 12.0 Å². The fourth-order valence-corrected chi connectivity index (χ4v) is 1.85. The Kier molecular flexibility index (Phi) is 3.24. The minimum absolute atomic E-state index is 0.126. The molecule has 1 aromatic heterocycles. The van der Waals surface area contributed by atoms with E-state index in [0.717, 1.165) is 11.1 Å². The van der Waals surface area contributed by atoms with Crippen molar-refractivity contribution in [3.05, 3.63) is 53.1 Å². The lowest BCUT2D eigenvalue weighted by Gasteiger charge is -2.11. The van der Waals surface area contributed by atoms with E-state index in [-0.39, 0.29) is 11.9 Å². The summed E-state index contributed by atoms with van der Waals surface area (Å²) in [4.78, 5) is 0. The molecule has 0 spiro atoms. The van der Waals surface area contributed by atoms with E-state index in [1.54, 1.807) is 29.9 Å². The van der Waals surface area contributed by atoms with Crippen molar-refractivity contribution >= 4 is 0 Å². The summed E-state index contributed by atoms with van der Waals surface area (Å²) in [6, 6.07) is 4.88. The van der Waals surface area contributed by atoms with Gasteiger partial charge in [0, 0.05) is 19.3 Å². The minimum atomic E-state index is -0.192. The van der Waals surface area contributed by atoms with Crippen molar-refractivity contribution < 1.29 is 4.39 Å². The third-order valence-corrected chi connectivity index (χ3v) is 2.82. The summed E-state index contributed by atoms with van der Waals surface area (Å²) >= 11 is 0. The summed E-state index contributed by atoms with van der Waals surface area (Å²) in [6.07, 6.45) is 4.45. The van der Waals surface area contributed by atoms with Crippen LogP contribution in [0.1, 0.15) is 22.7 Å². The zero-order valence-corrected chi connectivity index (χ0v) is 10.0. The van der Waals surface area contributed by atoms with E-state index < -0.39 is 0 Å². The topological polar surface area (TPSA) is 43.8 Å². The molecule has 0 aliphatic heterocycles. The Bertz CT molecular complexity index is 519. The van der Waals surface area contributed by atoms with Crippen LogP contribution in [0.2, 0.25) is 0 Å². The van der Waals surface area contributed by atoms with Gasteiger partial charge >= 0.3 is 0 Å². The van der Waals surface area contributed by atoms with Crippen LogP contribution < -0.4 is 5.73 Å². The van der Waals surface area contributed by atoms with Crippen molar-refractivity contribution in [1.82, 2.24) is 9.78 Å². The molecule has 3 nitrogen and oxygen atoms in total. The SMILES string of the molecule is Cc1cc(C(N)Cc2cnn(C)c2)ccc1F. The minimum Gasteiger partial charge on any atom is -0.324 e. The number of rotatable bonds is 3. The Hall–Kier alpha value is -1.68. The fourth-order valence-electron chi connectivity index (χ4n) is 1.85. The molecular formula is C13H16FN3. The Labute approximate surface area is 100 Å². The number of aromatic nitrogens is 2. The maximum absolute atomic E-state index is 13.1. The third kappa shape index (κ3) is 2.71. The number of nitrogens with zero attached hydrogens (tertiary/aromatic N) is 2. The molecule has 0 aliphatic carbocycles. The van der Waals surface area contributed by atoms with Gasteiger partial charge in [-0.3, -0.25) is 4.68 Å². The van der Waals surface area contributed by atoms with Gasteiger partial charge in [0.15, 0.2) is 0 Å². The maximum Gasteiger partial charge on any atom is 0.126 e. The lowest BCUT2D eigenvalue weighted by Crippen LogP contribution is -2.13. The molecule has 1 aromatic carbocycles. The quantitative estimate of drug-likeness (QED) is 0.882. The number of nitrogens with two attached hydrogens (primary N) is 1. The predicted octanol–water partition coefficient (Wildman–Crippen LogP) is 2.11. The van der Waals surface area contributed by atoms with E-state index in [2.05, 4.69) is 5.10 Å². The Morgan fingerprint density at radius 1 is 1.47 bits per heavy atom. The van der Waals surface area contributed by atoms with Crippen molar-refractivity contribution in [1.29, 1.82) is 0 Å². The second kappa shape index (κ2) is 4.67. The highest BCUT2D eigenvalue weighted by Crippen LogP contribution is 2.18. The molecule has 0 saturated carbocycles. The van der Waals surface area contributed by atoms with Crippen molar-refractivity contribution in [3.63, 3.8) is 0 Å². The third-order valence-electron chi connectivity index (χ3n) is 2.82. The van der Waals surface area contributed by atoms with Gasteiger partial charge in [0.1, 0.15) is 5.82 Å². The number of hydrogen-bond acceptors (Lipinski definition) is 2. The van der Waals surface area contributed by atoms with Crippen molar-refractivity contribution in [3.8, 4) is 0 Å². The normalized spacial score (nSPS) is 12.7. The highest BCUT2D eigenvalue weighted by Gasteiger charge is 2.09. The van der Waals surface area contributed by atoms with Gasteiger partial charge in [0.05, 0.1) is 6.20 Å². The number of aryl methyl sites for hydroxylation is 2. The van der Waals surface area contributed by atoms with Crippen LogP contribution in [0, 0.1) is 12.7 Å². The zero-order valence-electron chi connectivity index (χ0n) is 10.0. The molecule has 1 atom stereocenters. The Morgan fingerprint density at radius 3 is 2.82 bits per heavy atom. The second-order valence-electron chi connectivity index (χ2n) is 4.34. The number of hydrogen-bond donors (Lipinski definition) is 1. The van der Waals surface area contributed by atoms with Crippen LogP contribution in [-0.2, 0) is 13.5 Å². The first-order valence-corrected chi connectivity index (χ1v) is 5.55. The lowest BCUT2D eigenvalue weighted by molar-refractivity contribution is 0.615. The summed E-state index contributed by atoms with van der Waals surface area (Å²) in [5, 5.41) is 4.10. The van der Waals surface area contributed by atoms with E-state index >= 15 is 0 Å².